The summed E-state index contributed by atoms with van der Waals surface area (Å²) in [6.45, 7) is 0.525. The second kappa shape index (κ2) is 5.67. The highest BCUT2D eigenvalue weighted by Gasteiger charge is 2.04. The van der Waals surface area contributed by atoms with Crippen LogP contribution in [0, 0.1) is 11.3 Å². The van der Waals surface area contributed by atoms with E-state index in [4.69, 9.17) is 28.5 Å². The Morgan fingerprint density at radius 3 is 2.83 bits per heavy atom. The lowest BCUT2D eigenvalue weighted by Crippen LogP contribution is -2.01. The van der Waals surface area contributed by atoms with Gasteiger partial charge in [0.2, 0.25) is 0 Å². The van der Waals surface area contributed by atoms with Crippen molar-refractivity contribution in [2.45, 2.75) is 6.54 Å². The maximum absolute atomic E-state index is 8.80. The van der Waals surface area contributed by atoms with E-state index in [1.54, 1.807) is 18.2 Å². The van der Waals surface area contributed by atoms with Gasteiger partial charge in [0.15, 0.2) is 10.3 Å². The molecule has 0 spiro atoms. The first-order valence-corrected chi connectivity index (χ1v) is 5.86. The Hall–Kier alpha value is -1.83. The molecule has 0 saturated heterocycles. The van der Waals surface area contributed by atoms with Crippen LogP contribution >= 0.6 is 23.2 Å². The molecule has 90 valence electrons. The summed E-state index contributed by atoms with van der Waals surface area (Å²) in [6, 6.07) is 11.0. The van der Waals surface area contributed by atoms with Crippen LogP contribution in [0.4, 0.5) is 5.69 Å². The van der Waals surface area contributed by atoms with E-state index in [1.807, 2.05) is 12.1 Å². The first-order chi connectivity index (χ1) is 8.69. The van der Waals surface area contributed by atoms with Crippen LogP contribution in [0.3, 0.4) is 0 Å². The smallest absolute Gasteiger partial charge is 0.174 e. The van der Waals surface area contributed by atoms with Gasteiger partial charge in [0.05, 0.1) is 17.3 Å². The summed E-state index contributed by atoms with van der Waals surface area (Å²) >= 11 is 11.6. The van der Waals surface area contributed by atoms with Crippen molar-refractivity contribution in [2.75, 3.05) is 5.32 Å². The van der Waals surface area contributed by atoms with Crippen molar-refractivity contribution in [3.63, 3.8) is 0 Å². The van der Waals surface area contributed by atoms with Crippen LogP contribution in [0.5, 0.6) is 0 Å². The molecule has 6 heteroatoms. The average molecular weight is 279 g/mol. The number of hydrogen-bond acceptors (Lipinski definition) is 4. The van der Waals surface area contributed by atoms with Crippen molar-refractivity contribution in [3.8, 4) is 6.07 Å². The minimum Gasteiger partial charge on any atom is -0.378 e. The van der Waals surface area contributed by atoms with E-state index in [0.717, 1.165) is 5.56 Å². The summed E-state index contributed by atoms with van der Waals surface area (Å²) in [4.78, 5) is 0. The highest BCUT2D eigenvalue weighted by atomic mass is 35.5. The Kier molecular flexibility index (Phi) is 3.98. The molecule has 2 aromatic rings. The Morgan fingerprint density at radius 1 is 1.22 bits per heavy atom. The van der Waals surface area contributed by atoms with Gasteiger partial charge in [-0.15, -0.1) is 10.2 Å². The van der Waals surface area contributed by atoms with E-state index in [9.17, 15) is 0 Å². The molecule has 1 heterocycles. The minimum atomic E-state index is 0.260. The van der Waals surface area contributed by atoms with E-state index in [0.29, 0.717) is 17.8 Å². The Balaban J connectivity index is 2.11. The summed E-state index contributed by atoms with van der Waals surface area (Å²) in [5.74, 6) is 0. The molecule has 0 radical (unpaired) electrons. The molecule has 1 aromatic heterocycles. The number of nitrogens with one attached hydrogen (secondary N) is 1. The summed E-state index contributed by atoms with van der Waals surface area (Å²) in [5.41, 5.74) is 2.20. The molecule has 0 amide bonds. The molecule has 0 bridgehead atoms. The third-order valence-electron chi connectivity index (χ3n) is 2.26. The van der Waals surface area contributed by atoms with Crippen LogP contribution in [0.1, 0.15) is 11.1 Å². The monoisotopic (exact) mass is 278 g/mol. The molecular weight excluding hydrogens is 271 g/mol. The highest BCUT2D eigenvalue weighted by molar-refractivity contribution is 6.33. The summed E-state index contributed by atoms with van der Waals surface area (Å²) < 4.78 is 0. The molecule has 1 aromatic carbocycles. The van der Waals surface area contributed by atoms with Crippen molar-refractivity contribution >= 4 is 28.9 Å². The summed E-state index contributed by atoms with van der Waals surface area (Å²) in [7, 11) is 0. The van der Waals surface area contributed by atoms with E-state index in [1.165, 1.54) is 0 Å². The Labute approximate surface area is 114 Å². The number of anilines is 1. The van der Waals surface area contributed by atoms with Crippen molar-refractivity contribution < 1.29 is 0 Å². The zero-order valence-corrected chi connectivity index (χ0v) is 10.7. The predicted molar refractivity (Wildman–Crippen MR) is 70.5 cm³/mol. The molecule has 4 nitrogen and oxygen atoms in total. The third-order valence-corrected chi connectivity index (χ3v) is 2.72. The normalized spacial score (nSPS) is 9.83. The van der Waals surface area contributed by atoms with Crippen LogP contribution < -0.4 is 5.32 Å². The molecule has 0 aliphatic carbocycles. The molecule has 0 aliphatic heterocycles. The van der Waals surface area contributed by atoms with Crippen LogP contribution in [0.2, 0.25) is 10.3 Å². The zero-order valence-electron chi connectivity index (χ0n) is 9.19. The van der Waals surface area contributed by atoms with Gasteiger partial charge in [0.25, 0.3) is 0 Å². The van der Waals surface area contributed by atoms with Crippen LogP contribution in [0.15, 0.2) is 30.3 Å². The number of nitriles is 1. The molecule has 0 aliphatic rings. The zero-order chi connectivity index (χ0) is 13.0. The fourth-order valence-corrected chi connectivity index (χ4v) is 1.73. The van der Waals surface area contributed by atoms with Gasteiger partial charge in [-0.1, -0.05) is 35.3 Å². The second-order valence-corrected chi connectivity index (χ2v) is 4.28. The van der Waals surface area contributed by atoms with Gasteiger partial charge in [0, 0.05) is 12.6 Å². The van der Waals surface area contributed by atoms with Crippen LogP contribution in [-0.2, 0) is 6.54 Å². The number of nitrogens with zero attached hydrogens (tertiary/aromatic N) is 3. The molecule has 0 unspecified atom stereocenters. The molecule has 1 N–H and O–H groups in total. The van der Waals surface area contributed by atoms with Gasteiger partial charge >= 0.3 is 0 Å². The van der Waals surface area contributed by atoms with Crippen molar-refractivity contribution in [1.29, 1.82) is 5.26 Å². The van der Waals surface area contributed by atoms with Gasteiger partial charge < -0.3 is 5.32 Å². The summed E-state index contributed by atoms with van der Waals surface area (Å²) in [5, 5.41) is 19.7. The molecule has 0 saturated carbocycles. The number of aromatic nitrogens is 2. The second-order valence-electron chi connectivity index (χ2n) is 3.54. The lowest BCUT2D eigenvalue weighted by molar-refractivity contribution is 1.02. The van der Waals surface area contributed by atoms with Crippen molar-refractivity contribution in [3.05, 3.63) is 51.8 Å². The number of benzene rings is 1. The molecular formula is C12H8Cl2N4. The van der Waals surface area contributed by atoms with E-state index < -0.39 is 0 Å². The van der Waals surface area contributed by atoms with Crippen molar-refractivity contribution in [1.82, 2.24) is 10.2 Å². The van der Waals surface area contributed by atoms with Crippen LogP contribution in [0.25, 0.3) is 0 Å². The standard InChI is InChI=1S/C12H8Cl2N4/c13-11-5-10(12(14)18-17-11)16-7-9-3-1-2-8(4-9)6-15/h1-5H,7H2,(H,16,17). The van der Waals surface area contributed by atoms with Crippen molar-refractivity contribution in [2.24, 2.45) is 0 Å². The van der Waals surface area contributed by atoms with Gasteiger partial charge in [-0.2, -0.15) is 5.26 Å². The maximum atomic E-state index is 8.80. The lowest BCUT2D eigenvalue weighted by Gasteiger charge is -2.07. The largest absolute Gasteiger partial charge is 0.378 e. The fraction of sp³-hybridized carbons (Fsp3) is 0.0833. The van der Waals surface area contributed by atoms with Gasteiger partial charge in [-0.3, -0.25) is 0 Å². The minimum absolute atomic E-state index is 0.260. The fourth-order valence-electron chi connectivity index (χ4n) is 1.43. The number of hydrogen-bond donors (Lipinski definition) is 1. The predicted octanol–water partition coefficient (Wildman–Crippen LogP) is 3.27. The maximum Gasteiger partial charge on any atom is 0.174 e. The van der Waals surface area contributed by atoms with Gasteiger partial charge in [-0.05, 0) is 17.7 Å². The van der Waals surface area contributed by atoms with E-state index in [-0.39, 0.29) is 10.3 Å². The highest BCUT2D eigenvalue weighted by Crippen LogP contribution is 2.21. The molecule has 0 fully saturated rings. The first-order valence-electron chi connectivity index (χ1n) is 5.10. The number of halogens is 2. The number of rotatable bonds is 3. The lowest BCUT2D eigenvalue weighted by atomic mass is 10.1. The van der Waals surface area contributed by atoms with Crippen LogP contribution in [-0.4, -0.2) is 10.2 Å². The average Bonchev–Trinajstić information content (AvgIpc) is 2.40. The molecule has 0 atom stereocenters. The Morgan fingerprint density at radius 2 is 2.06 bits per heavy atom. The quantitative estimate of drug-likeness (QED) is 0.936. The third kappa shape index (κ3) is 3.10. The summed E-state index contributed by atoms with van der Waals surface area (Å²) in [6.07, 6.45) is 0. The molecule has 2 rings (SSSR count). The van der Waals surface area contributed by atoms with Gasteiger partial charge in [0.1, 0.15) is 0 Å². The molecule has 18 heavy (non-hydrogen) atoms. The van der Waals surface area contributed by atoms with Gasteiger partial charge in [-0.25, -0.2) is 0 Å². The van der Waals surface area contributed by atoms with E-state index in [2.05, 4.69) is 21.6 Å². The van der Waals surface area contributed by atoms with E-state index >= 15 is 0 Å². The Bertz CT molecular complexity index is 607. The first kappa shape index (κ1) is 12.6. The topological polar surface area (TPSA) is 61.6 Å². The SMILES string of the molecule is N#Cc1cccc(CNc2cc(Cl)nnc2Cl)c1.